The first-order chi connectivity index (χ1) is 17.8. The van der Waals surface area contributed by atoms with Gasteiger partial charge in [-0.25, -0.2) is 0 Å². The van der Waals surface area contributed by atoms with Crippen LogP contribution in [0.3, 0.4) is 0 Å². The van der Waals surface area contributed by atoms with E-state index in [0.29, 0.717) is 13.2 Å². The summed E-state index contributed by atoms with van der Waals surface area (Å²) in [4.78, 5) is 2.54. The number of fused-ring (bicyclic) bond motifs is 2. The Kier molecular flexibility index (Phi) is 5.50. The summed E-state index contributed by atoms with van der Waals surface area (Å²) < 4.78 is 22.5. The maximum absolute atomic E-state index is 5.96. The van der Waals surface area contributed by atoms with Crippen molar-refractivity contribution in [1.29, 1.82) is 0 Å². The van der Waals surface area contributed by atoms with Crippen molar-refractivity contribution >= 4 is 11.8 Å². The van der Waals surface area contributed by atoms with Crippen LogP contribution in [0.1, 0.15) is 22.3 Å². The van der Waals surface area contributed by atoms with Gasteiger partial charge in [-0.1, -0.05) is 72.4 Å². The van der Waals surface area contributed by atoms with E-state index >= 15 is 0 Å². The minimum absolute atomic E-state index is 0.234. The SMILES string of the molecule is c1ccc2c(c1)Sc1ccccc1C2(c1ccc(OCC2CO2)cc1)c1ccc(OCC2CO2)cc1. The fourth-order valence-corrected chi connectivity index (χ4v) is 6.28. The predicted molar refractivity (Wildman–Crippen MR) is 139 cm³/mol. The number of hydrogen-bond donors (Lipinski definition) is 0. The molecule has 0 aromatic heterocycles. The lowest BCUT2D eigenvalue weighted by atomic mass is 9.65. The molecule has 4 aromatic carbocycles. The summed E-state index contributed by atoms with van der Waals surface area (Å²) in [7, 11) is 0. The molecule has 0 bridgehead atoms. The average molecular weight is 495 g/mol. The molecule has 2 saturated heterocycles. The predicted octanol–water partition coefficient (Wildman–Crippen LogP) is 6.09. The van der Waals surface area contributed by atoms with Crippen molar-refractivity contribution in [3.63, 3.8) is 0 Å². The van der Waals surface area contributed by atoms with Gasteiger partial charge in [0.25, 0.3) is 0 Å². The quantitative estimate of drug-likeness (QED) is 0.244. The minimum Gasteiger partial charge on any atom is -0.491 e. The molecule has 0 N–H and O–H groups in total. The van der Waals surface area contributed by atoms with Crippen LogP contribution in [0.2, 0.25) is 0 Å². The first kappa shape index (κ1) is 22.0. The molecule has 7 rings (SSSR count). The van der Waals surface area contributed by atoms with Crippen LogP contribution in [-0.4, -0.2) is 38.6 Å². The number of epoxide rings is 2. The third-order valence-corrected chi connectivity index (χ3v) is 8.21. The topological polar surface area (TPSA) is 43.5 Å². The summed E-state index contributed by atoms with van der Waals surface area (Å²) >= 11 is 1.84. The van der Waals surface area contributed by atoms with Gasteiger partial charge in [-0.2, -0.15) is 0 Å². The molecular formula is C31H26O4S. The Labute approximate surface area is 215 Å². The monoisotopic (exact) mass is 494 g/mol. The van der Waals surface area contributed by atoms with E-state index in [9.17, 15) is 0 Å². The molecule has 5 heteroatoms. The van der Waals surface area contributed by atoms with Gasteiger partial charge in [-0.15, -0.1) is 0 Å². The normalized spacial score (nSPS) is 20.7. The summed E-state index contributed by atoms with van der Waals surface area (Å²) in [5.74, 6) is 1.73. The molecule has 3 aliphatic heterocycles. The van der Waals surface area contributed by atoms with E-state index in [4.69, 9.17) is 18.9 Å². The molecule has 180 valence electrons. The van der Waals surface area contributed by atoms with Crippen molar-refractivity contribution in [3.8, 4) is 11.5 Å². The standard InChI is InChI=1S/C31H26O4S/c1-3-7-29-27(5-1)31(28-6-2-4-8-30(28)36-29,21-9-13-23(14-10-21)32-17-25-19-34-25)22-11-15-24(16-12-22)33-18-26-20-35-26/h1-16,25-26H,17-20H2. The first-order valence-electron chi connectivity index (χ1n) is 12.4. The zero-order valence-corrected chi connectivity index (χ0v) is 20.6. The van der Waals surface area contributed by atoms with E-state index in [1.807, 2.05) is 11.8 Å². The van der Waals surface area contributed by atoms with Gasteiger partial charge >= 0.3 is 0 Å². The number of ether oxygens (including phenoxy) is 4. The summed E-state index contributed by atoms with van der Waals surface area (Å²) in [6.07, 6.45) is 0.467. The molecule has 0 amide bonds. The van der Waals surface area contributed by atoms with Gasteiger partial charge in [-0.05, 0) is 58.7 Å². The molecular weight excluding hydrogens is 468 g/mol. The van der Waals surface area contributed by atoms with E-state index in [-0.39, 0.29) is 12.2 Å². The number of hydrogen-bond acceptors (Lipinski definition) is 5. The second-order valence-electron chi connectivity index (χ2n) is 9.43. The highest BCUT2D eigenvalue weighted by Crippen LogP contribution is 2.55. The molecule has 0 aliphatic carbocycles. The molecule has 3 aliphatic rings. The Balaban J connectivity index is 1.37. The second-order valence-corrected chi connectivity index (χ2v) is 10.5. The molecule has 0 radical (unpaired) electrons. The molecule has 2 unspecified atom stereocenters. The van der Waals surface area contributed by atoms with Crippen molar-refractivity contribution in [3.05, 3.63) is 119 Å². The van der Waals surface area contributed by atoms with Gasteiger partial charge in [0.2, 0.25) is 0 Å². The maximum atomic E-state index is 5.96. The molecule has 0 saturated carbocycles. The van der Waals surface area contributed by atoms with Gasteiger partial charge in [0, 0.05) is 9.79 Å². The van der Waals surface area contributed by atoms with Crippen LogP contribution in [0.5, 0.6) is 11.5 Å². The van der Waals surface area contributed by atoms with Crippen molar-refractivity contribution in [2.45, 2.75) is 27.4 Å². The van der Waals surface area contributed by atoms with Crippen molar-refractivity contribution in [2.75, 3.05) is 26.4 Å². The van der Waals surface area contributed by atoms with Crippen molar-refractivity contribution in [2.24, 2.45) is 0 Å². The van der Waals surface area contributed by atoms with Crippen LogP contribution in [0.4, 0.5) is 0 Å². The lowest BCUT2D eigenvalue weighted by molar-refractivity contribution is 0.263. The molecule has 2 fully saturated rings. The van der Waals surface area contributed by atoms with E-state index in [1.54, 1.807) is 0 Å². The highest BCUT2D eigenvalue weighted by molar-refractivity contribution is 7.99. The highest BCUT2D eigenvalue weighted by atomic mass is 32.2. The van der Waals surface area contributed by atoms with Crippen molar-refractivity contribution < 1.29 is 18.9 Å². The van der Waals surface area contributed by atoms with Crippen molar-refractivity contribution in [1.82, 2.24) is 0 Å². The Morgan fingerprint density at radius 3 is 1.44 bits per heavy atom. The van der Waals surface area contributed by atoms with Crippen LogP contribution in [0, 0.1) is 0 Å². The van der Waals surface area contributed by atoms with E-state index in [1.165, 1.54) is 32.0 Å². The first-order valence-corrected chi connectivity index (χ1v) is 13.2. The van der Waals surface area contributed by atoms with Crippen LogP contribution < -0.4 is 9.47 Å². The minimum atomic E-state index is -0.464. The molecule has 36 heavy (non-hydrogen) atoms. The zero-order valence-electron chi connectivity index (χ0n) is 19.8. The summed E-state index contributed by atoms with van der Waals surface area (Å²) in [5.41, 5.74) is 4.52. The van der Waals surface area contributed by atoms with Crippen LogP contribution in [0.15, 0.2) is 107 Å². The maximum Gasteiger partial charge on any atom is 0.119 e. The summed E-state index contributed by atoms with van der Waals surface area (Å²) in [5, 5.41) is 0. The molecule has 4 nitrogen and oxygen atoms in total. The van der Waals surface area contributed by atoms with Gasteiger partial charge in [0.1, 0.15) is 36.9 Å². The third kappa shape index (κ3) is 3.97. The van der Waals surface area contributed by atoms with Crippen LogP contribution in [0.25, 0.3) is 0 Å². The average Bonchev–Trinajstić information content (AvgIpc) is 3.86. The Bertz CT molecular complexity index is 1270. The Morgan fingerprint density at radius 2 is 1.03 bits per heavy atom. The van der Waals surface area contributed by atoms with E-state index < -0.39 is 5.41 Å². The lowest BCUT2D eigenvalue weighted by Crippen LogP contribution is -2.34. The van der Waals surface area contributed by atoms with Gasteiger partial charge in [0.05, 0.1) is 18.6 Å². The highest BCUT2D eigenvalue weighted by Gasteiger charge is 2.44. The number of benzene rings is 4. The summed E-state index contributed by atoms with van der Waals surface area (Å²) in [6.45, 7) is 2.78. The smallest absolute Gasteiger partial charge is 0.119 e. The summed E-state index contributed by atoms with van der Waals surface area (Å²) in [6, 6.07) is 34.7. The third-order valence-electron chi connectivity index (χ3n) is 7.05. The molecule has 0 spiro atoms. The molecule has 2 atom stereocenters. The van der Waals surface area contributed by atoms with Gasteiger partial charge in [-0.3, -0.25) is 0 Å². The molecule has 4 aromatic rings. The van der Waals surface area contributed by atoms with E-state index in [0.717, 1.165) is 24.7 Å². The van der Waals surface area contributed by atoms with Gasteiger partial charge in [0.15, 0.2) is 0 Å². The van der Waals surface area contributed by atoms with Crippen LogP contribution >= 0.6 is 11.8 Å². The fraction of sp³-hybridized carbons (Fsp3) is 0.226. The van der Waals surface area contributed by atoms with Crippen LogP contribution in [-0.2, 0) is 14.9 Å². The largest absolute Gasteiger partial charge is 0.491 e. The Morgan fingerprint density at radius 1 is 0.611 bits per heavy atom. The van der Waals surface area contributed by atoms with E-state index in [2.05, 4.69) is 97.1 Å². The molecule has 3 heterocycles. The zero-order chi connectivity index (χ0) is 24.0. The Hall–Kier alpha value is -3.25. The lowest BCUT2D eigenvalue weighted by Gasteiger charge is -2.42. The van der Waals surface area contributed by atoms with Gasteiger partial charge < -0.3 is 18.9 Å². The fourth-order valence-electron chi connectivity index (χ4n) is 5.09. The second kappa shape index (κ2) is 9.00. The number of rotatable bonds is 8.